The lowest BCUT2D eigenvalue weighted by atomic mass is 9.87. The Kier molecular flexibility index (Phi) is 10.9. The molecule has 2 aliphatic heterocycles. The summed E-state index contributed by atoms with van der Waals surface area (Å²) in [6.07, 6.45) is 6.99. The predicted molar refractivity (Wildman–Crippen MR) is 188 cm³/mol. The zero-order chi connectivity index (χ0) is 34.8. The number of aliphatic carboxylic acids is 1. The minimum atomic E-state index is -0.751. The number of nitrogens with one attached hydrogen (secondary N) is 1. The van der Waals surface area contributed by atoms with Crippen LogP contribution < -0.4 is 5.32 Å². The Bertz CT molecular complexity index is 1680. The number of anilines is 1. The number of hydrogen-bond acceptors (Lipinski definition) is 6. The first kappa shape index (κ1) is 35.3. The number of aromatic nitrogens is 1. The number of rotatable bonds is 10. The van der Waals surface area contributed by atoms with E-state index in [1.165, 1.54) is 12.1 Å². The van der Waals surface area contributed by atoms with Crippen LogP contribution in [0.1, 0.15) is 60.9 Å². The normalized spacial score (nSPS) is 23.8. The molecule has 0 bridgehead atoms. The van der Waals surface area contributed by atoms with Crippen molar-refractivity contribution in [2.45, 2.75) is 75.6 Å². The topological polar surface area (TPSA) is 107 Å². The third-order valence-corrected chi connectivity index (χ3v) is 11.2. The van der Waals surface area contributed by atoms with Gasteiger partial charge in [-0.05, 0) is 95.9 Å². The zero-order valence-electron chi connectivity index (χ0n) is 28.5. The van der Waals surface area contributed by atoms with Crippen LogP contribution in [0.15, 0.2) is 42.6 Å². The number of carbonyl (C=O) groups excluding carboxylic acids is 2. The van der Waals surface area contributed by atoms with Gasteiger partial charge in [0.25, 0.3) is 5.91 Å². The van der Waals surface area contributed by atoms with Crippen LogP contribution in [0.5, 0.6) is 0 Å². The fourth-order valence-corrected chi connectivity index (χ4v) is 8.14. The zero-order valence-corrected chi connectivity index (χ0v) is 29.3. The number of para-hydroxylation sites is 1. The number of halogens is 2. The van der Waals surface area contributed by atoms with Crippen molar-refractivity contribution in [3.8, 4) is 0 Å². The molecule has 2 aromatic carbocycles. The van der Waals surface area contributed by atoms with Gasteiger partial charge >= 0.3 is 5.97 Å². The number of nitrogens with zero attached hydrogens (tertiary/aromatic N) is 4. The van der Waals surface area contributed by atoms with Crippen LogP contribution >= 0.6 is 11.6 Å². The molecule has 2 N–H and O–H groups in total. The lowest BCUT2D eigenvalue weighted by molar-refractivity contribution is -0.144. The number of ether oxygens (including phenoxy) is 1. The SMILES string of the molecule is CN(C)C1CCN([C@H]2C[C@@H](CO[C@H]3CC[C@H](C(=O)O)CC3)N(C(=O)Cc3cc(Cl)c(NC(=O)c4cn(C)c5ccccc45)cc3F)C2)CC1. The lowest BCUT2D eigenvalue weighted by Gasteiger charge is -2.38. The molecule has 2 saturated heterocycles. The van der Waals surface area contributed by atoms with Crippen molar-refractivity contribution in [1.29, 1.82) is 0 Å². The van der Waals surface area contributed by atoms with E-state index in [0.29, 0.717) is 50.4 Å². The molecule has 1 aliphatic carbocycles. The highest BCUT2D eigenvalue weighted by atomic mass is 35.5. The van der Waals surface area contributed by atoms with Crippen molar-refractivity contribution >= 4 is 46.0 Å². The monoisotopic (exact) mass is 695 g/mol. The maximum Gasteiger partial charge on any atom is 0.306 e. The molecule has 3 heterocycles. The second-order valence-electron chi connectivity index (χ2n) is 14.2. The maximum absolute atomic E-state index is 15.6. The summed E-state index contributed by atoms with van der Waals surface area (Å²) in [7, 11) is 6.09. The molecule has 3 aromatic rings. The lowest BCUT2D eigenvalue weighted by Crippen LogP contribution is -2.47. The summed E-state index contributed by atoms with van der Waals surface area (Å²) >= 11 is 6.57. The van der Waals surface area contributed by atoms with Crippen LogP contribution in [-0.4, -0.2) is 107 Å². The molecule has 49 heavy (non-hydrogen) atoms. The minimum Gasteiger partial charge on any atom is -0.481 e. The van der Waals surface area contributed by atoms with E-state index in [2.05, 4.69) is 29.2 Å². The van der Waals surface area contributed by atoms with Crippen LogP contribution in [0.4, 0.5) is 10.1 Å². The van der Waals surface area contributed by atoms with Gasteiger partial charge in [-0.15, -0.1) is 0 Å². The molecule has 264 valence electrons. The Hall–Kier alpha value is -3.51. The quantitative estimate of drug-likeness (QED) is 0.292. The fourth-order valence-electron chi connectivity index (χ4n) is 7.91. The van der Waals surface area contributed by atoms with Crippen molar-refractivity contribution in [2.24, 2.45) is 13.0 Å². The Morgan fingerprint density at radius 2 is 1.78 bits per heavy atom. The number of amides is 2. The van der Waals surface area contributed by atoms with Crippen LogP contribution in [0.25, 0.3) is 10.9 Å². The summed E-state index contributed by atoms with van der Waals surface area (Å²) in [6, 6.07) is 10.7. The van der Waals surface area contributed by atoms with Crippen LogP contribution in [0.3, 0.4) is 0 Å². The molecule has 10 nitrogen and oxygen atoms in total. The van der Waals surface area contributed by atoms with Gasteiger partial charge in [-0.2, -0.15) is 0 Å². The van der Waals surface area contributed by atoms with E-state index in [4.69, 9.17) is 16.3 Å². The van der Waals surface area contributed by atoms with Crippen LogP contribution in [0, 0.1) is 11.7 Å². The molecule has 0 unspecified atom stereocenters. The number of benzene rings is 2. The molecule has 12 heteroatoms. The van der Waals surface area contributed by atoms with E-state index < -0.39 is 17.7 Å². The van der Waals surface area contributed by atoms with Gasteiger partial charge in [-0.1, -0.05) is 29.8 Å². The second kappa shape index (κ2) is 15.2. The first-order chi connectivity index (χ1) is 23.5. The molecule has 2 atom stereocenters. The molecule has 0 radical (unpaired) electrons. The molecule has 1 saturated carbocycles. The van der Waals surface area contributed by atoms with Gasteiger partial charge in [0.15, 0.2) is 0 Å². The number of carboxylic acid groups (broad SMARTS) is 1. The number of likely N-dealkylation sites (tertiary alicyclic amines) is 2. The molecular weight excluding hydrogens is 649 g/mol. The number of aryl methyl sites for hydroxylation is 1. The van der Waals surface area contributed by atoms with E-state index in [1.807, 2.05) is 40.8 Å². The highest BCUT2D eigenvalue weighted by Crippen LogP contribution is 2.32. The Balaban J connectivity index is 1.13. The van der Waals surface area contributed by atoms with Gasteiger partial charge in [0, 0.05) is 42.8 Å². The number of fused-ring (bicyclic) bond motifs is 1. The highest BCUT2D eigenvalue weighted by Gasteiger charge is 2.40. The van der Waals surface area contributed by atoms with Crippen molar-refractivity contribution in [3.05, 3.63) is 64.6 Å². The Labute approximate surface area is 292 Å². The van der Waals surface area contributed by atoms with Crippen LogP contribution in [0.2, 0.25) is 5.02 Å². The number of hydrogen-bond donors (Lipinski definition) is 2. The maximum atomic E-state index is 15.6. The van der Waals surface area contributed by atoms with Gasteiger partial charge in [0.1, 0.15) is 5.82 Å². The molecular formula is C37H47ClFN5O5. The van der Waals surface area contributed by atoms with E-state index in [0.717, 1.165) is 43.3 Å². The number of piperidine rings is 1. The fraction of sp³-hybridized carbons (Fsp3) is 0.541. The standard InChI is InChI=1S/C37H47ClFN5O5/c1-41(2)25-12-14-43(15-13-25)26-18-27(22-49-28-10-8-23(9-11-28)37(47)48)44(20-26)35(45)17-24-16-31(38)33(19-32(24)39)40-36(46)30-21-42(3)34-7-5-4-6-29(30)34/h4-7,16,19,21,23,25-28H,8-15,17-18,20,22H2,1-3H3,(H,40,46)(H,47,48)/t23-,26-,27-,28-/m0/s1. The molecule has 6 rings (SSSR count). The van der Waals surface area contributed by atoms with Gasteiger partial charge in [-0.3, -0.25) is 19.3 Å². The summed E-state index contributed by atoms with van der Waals surface area (Å²) < 4.78 is 23.8. The average molecular weight is 696 g/mol. The summed E-state index contributed by atoms with van der Waals surface area (Å²) in [5.74, 6) is -2.29. The van der Waals surface area contributed by atoms with E-state index in [9.17, 15) is 19.5 Å². The first-order valence-electron chi connectivity index (χ1n) is 17.4. The Morgan fingerprint density at radius 1 is 1.06 bits per heavy atom. The average Bonchev–Trinajstić information content (AvgIpc) is 3.67. The number of carbonyl (C=O) groups is 3. The molecule has 1 aromatic heterocycles. The third-order valence-electron chi connectivity index (χ3n) is 10.9. The third kappa shape index (κ3) is 7.95. The summed E-state index contributed by atoms with van der Waals surface area (Å²) in [5.41, 5.74) is 1.65. The smallest absolute Gasteiger partial charge is 0.306 e. The van der Waals surface area contributed by atoms with E-state index >= 15 is 4.39 Å². The van der Waals surface area contributed by atoms with Crippen molar-refractivity contribution in [3.63, 3.8) is 0 Å². The van der Waals surface area contributed by atoms with E-state index in [1.54, 1.807) is 6.20 Å². The first-order valence-corrected chi connectivity index (χ1v) is 17.7. The second-order valence-corrected chi connectivity index (χ2v) is 14.6. The molecule has 2 amide bonds. The Morgan fingerprint density at radius 3 is 2.47 bits per heavy atom. The van der Waals surface area contributed by atoms with Crippen molar-refractivity contribution < 1.29 is 28.6 Å². The van der Waals surface area contributed by atoms with Gasteiger partial charge < -0.3 is 29.5 Å². The van der Waals surface area contributed by atoms with Gasteiger partial charge in [0.2, 0.25) is 5.91 Å². The largest absolute Gasteiger partial charge is 0.481 e. The van der Waals surface area contributed by atoms with Crippen LogP contribution in [-0.2, 0) is 27.8 Å². The summed E-state index contributed by atoms with van der Waals surface area (Å²) in [4.78, 5) is 45.1. The van der Waals surface area contributed by atoms with E-state index in [-0.39, 0.29) is 52.7 Å². The van der Waals surface area contributed by atoms with Crippen molar-refractivity contribution in [2.75, 3.05) is 45.7 Å². The predicted octanol–water partition coefficient (Wildman–Crippen LogP) is 5.42. The molecule has 3 aliphatic rings. The summed E-state index contributed by atoms with van der Waals surface area (Å²) in [6.45, 7) is 2.82. The van der Waals surface area contributed by atoms with Gasteiger partial charge in [-0.25, -0.2) is 4.39 Å². The summed E-state index contributed by atoms with van der Waals surface area (Å²) in [5, 5.41) is 13.0. The van der Waals surface area contributed by atoms with Crippen molar-refractivity contribution in [1.82, 2.24) is 19.3 Å². The van der Waals surface area contributed by atoms with Gasteiger partial charge in [0.05, 0.1) is 47.4 Å². The highest BCUT2D eigenvalue weighted by molar-refractivity contribution is 6.34. The molecule has 3 fully saturated rings. The minimum absolute atomic E-state index is 0.0321. The number of carboxylic acids is 1. The molecule has 0 spiro atoms.